The van der Waals surface area contributed by atoms with Gasteiger partial charge in [0, 0.05) is 0 Å². The quantitative estimate of drug-likeness (QED) is 0.144. The number of hydrogen-bond donors (Lipinski definition) is 3. The molecule has 0 spiro atoms. The van der Waals surface area contributed by atoms with Crippen molar-refractivity contribution in [1.29, 1.82) is 0 Å². The van der Waals surface area contributed by atoms with Crippen molar-refractivity contribution in [3.05, 3.63) is 12.7 Å². The highest BCUT2D eigenvalue weighted by atomic mass is 31.2. The number of nitrogens with two attached hydrogens (primary N) is 1. The zero-order valence-electron chi connectivity index (χ0n) is 24.1. The number of unbranched alkanes of at least 4 members (excludes halogenated alkanes) is 3. The van der Waals surface area contributed by atoms with Crippen LogP contribution in [-0.4, -0.2) is 68.2 Å². The van der Waals surface area contributed by atoms with Crippen LogP contribution in [0, 0.1) is 0 Å². The number of rotatable bonds is 17. The fourth-order valence-electron chi connectivity index (χ4n) is 3.75. The first-order valence-corrected chi connectivity index (χ1v) is 15.2. The maximum absolute atomic E-state index is 14.1. The topological polar surface area (TPSA) is 173 Å². The molecule has 0 amide bonds. The van der Waals surface area contributed by atoms with Crippen LogP contribution >= 0.6 is 7.44 Å². The van der Waals surface area contributed by atoms with E-state index in [0.717, 1.165) is 25.7 Å². The lowest BCUT2D eigenvalue weighted by Gasteiger charge is -2.32. The van der Waals surface area contributed by atoms with E-state index in [9.17, 15) is 14.2 Å². The average molecular weight is 570 g/mol. The third-order valence-corrected chi connectivity index (χ3v) is 7.97. The van der Waals surface area contributed by atoms with Crippen molar-refractivity contribution in [1.82, 2.24) is 29.7 Å². The van der Waals surface area contributed by atoms with Crippen molar-refractivity contribution >= 4 is 36.4 Å². The molecule has 220 valence electrons. The Morgan fingerprint density at radius 3 is 2.51 bits per heavy atom. The third-order valence-electron chi connectivity index (χ3n) is 5.74. The summed E-state index contributed by atoms with van der Waals surface area (Å²) in [4.78, 5) is 37.7. The van der Waals surface area contributed by atoms with Crippen molar-refractivity contribution in [3.63, 3.8) is 0 Å². The SMILES string of the molecule is CCCCCCOC(=O)C(C)NP(=O)(COC(C)Cn1cnc2c(N)ncnc21)NC(C)(C)C(=O)OC(C)C. The molecule has 39 heavy (non-hydrogen) atoms. The molecular formula is C25H44N7O6P. The molecule has 0 bridgehead atoms. The first kappa shape index (κ1) is 32.6. The van der Waals surface area contributed by atoms with Gasteiger partial charge in [0.25, 0.3) is 0 Å². The highest BCUT2D eigenvalue weighted by Crippen LogP contribution is 2.40. The Bertz CT molecular complexity index is 1140. The number of nitrogens with one attached hydrogen (secondary N) is 2. The van der Waals surface area contributed by atoms with Gasteiger partial charge in [-0.1, -0.05) is 26.2 Å². The lowest BCUT2D eigenvalue weighted by Crippen LogP contribution is -2.50. The molecule has 0 fully saturated rings. The molecule has 13 nitrogen and oxygen atoms in total. The molecule has 3 atom stereocenters. The summed E-state index contributed by atoms with van der Waals surface area (Å²) in [6, 6.07) is -0.914. The Morgan fingerprint density at radius 1 is 1.13 bits per heavy atom. The number of aromatic nitrogens is 4. The smallest absolute Gasteiger partial charge is 0.326 e. The van der Waals surface area contributed by atoms with Gasteiger partial charge in [-0.2, -0.15) is 0 Å². The molecule has 0 saturated carbocycles. The van der Waals surface area contributed by atoms with Crippen LogP contribution in [0.5, 0.6) is 0 Å². The molecular weight excluding hydrogens is 525 g/mol. The van der Waals surface area contributed by atoms with Gasteiger partial charge in [-0.25, -0.2) is 25.1 Å². The molecule has 0 aliphatic rings. The van der Waals surface area contributed by atoms with Crippen LogP contribution < -0.4 is 15.9 Å². The zero-order chi connectivity index (χ0) is 29.2. The van der Waals surface area contributed by atoms with E-state index < -0.39 is 37.1 Å². The summed E-state index contributed by atoms with van der Waals surface area (Å²) in [7, 11) is -3.69. The van der Waals surface area contributed by atoms with Crippen LogP contribution in [0.4, 0.5) is 5.82 Å². The molecule has 2 rings (SSSR count). The Balaban J connectivity index is 2.12. The van der Waals surface area contributed by atoms with Gasteiger partial charge in [-0.15, -0.1) is 0 Å². The maximum atomic E-state index is 14.1. The number of carbonyl (C=O) groups is 2. The van der Waals surface area contributed by atoms with Crippen LogP contribution in [0.1, 0.15) is 74.1 Å². The lowest BCUT2D eigenvalue weighted by molar-refractivity contribution is -0.153. The molecule has 14 heteroatoms. The molecule has 3 unspecified atom stereocenters. The van der Waals surface area contributed by atoms with Crippen molar-refractivity contribution in [2.75, 3.05) is 18.7 Å². The predicted molar refractivity (Wildman–Crippen MR) is 149 cm³/mol. The number of anilines is 1. The molecule has 0 aliphatic heterocycles. The van der Waals surface area contributed by atoms with E-state index in [1.165, 1.54) is 6.33 Å². The van der Waals surface area contributed by atoms with Gasteiger partial charge < -0.3 is 24.5 Å². The first-order valence-electron chi connectivity index (χ1n) is 13.3. The van der Waals surface area contributed by atoms with Gasteiger partial charge in [-0.3, -0.25) is 14.2 Å². The van der Waals surface area contributed by atoms with E-state index in [1.807, 2.05) is 0 Å². The predicted octanol–water partition coefficient (Wildman–Crippen LogP) is 3.39. The van der Waals surface area contributed by atoms with E-state index in [1.54, 1.807) is 52.4 Å². The Labute approximate surface area is 230 Å². The van der Waals surface area contributed by atoms with Crippen molar-refractivity contribution < 1.29 is 28.4 Å². The molecule has 2 aromatic heterocycles. The number of fused-ring (bicyclic) bond motifs is 1. The summed E-state index contributed by atoms with van der Waals surface area (Å²) in [6.07, 6.45) is 5.69. The Morgan fingerprint density at radius 2 is 1.85 bits per heavy atom. The number of esters is 2. The minimum absolute atomic E-state index is 0.270. The third kappa shape index (κ3) is 10.1. The number of nitrogen functional groups attached to an aromatic ring is 1. The fraction of sp³-hybridized carbons (Fsp3) is 0.720. The van der Waals surface area contributed by atoms with Crippen LogP contribution in [0.2, 0.25) is 0 Å². The molecule has 0 radical (unpaired) electrons. The van der Waals surface area contributed by atoms with E-state index in [2.05, 4.69) is 32.1 Å². The van der Waals surface area contributed by atoms with Gasteiger partial charge >= 0.3 is 11.9 Å². The van der Waals surface area contributed by atoms with Gasteiger partial charge in [0.1, 0.15) is 29.8 Å². The van der Waals surface area contributed by atoms with Gasteiger partial charge in [-0.05, 0) is 48.0 Å². The Hall–Kier alpha value is -2.60. The van der Waals surface area contributed by atoms with Crippen LogP contribution in [0.25, 0.3) is 11.2 Å². The summed E-state index contributed by atoms with van der Waals surface area (Å²) >= 11 is 0. The molecule has 0 aromatic carbocycles. The number of imidazole rings is 1. The van der Waals surface area contributed by atoms with Crippen molar-refractivity contribution in [2.24, 2.45) is 0 Å². The van der Waals surface area contributed by atoms with Gasteiger partial charge in [0.15, 0.2) is 11.5 Å². The normalized spacial score (nSPS) is 15.2. The summed E-state index contributed by atoms with van der Waals surface area (Å²) in [5.74, 6) is -0.848. The van der Waals surface area contributed by atoms with E-state index in [4.69, 9.17) is 19.9 Å². The van der Waals surface area contributed by atoms with Crippen LogP contribution in [-0.2, 0) is 34.9 Å². The maximum Gasteiger partial charge on any atom is 0.326 e. The fourth-order valence-corrected chi connectivity index (χ4v) is 6.14. The minimum Gasteiger partial charge on any atom is -0.465 e. The summed E-state index contributed by atoms with van der Waals surface area (Å²) < 4.78 is 32.5. The second-order valence-corrected chi connectivity index (χ2v) is 12.7. The second kappa shape index (κ2) is 14.7. The lowest BCUT2D eigenvalue weighted by atomic mass is 10.1. The summed E-state index contributed by atoms with van der Waals surface area (Å²) in [5.41, 5.74) is 5.55. The second-order valence-electron chi connectivity index (χ2n) is 10.4. The van der Waals surface area contributed by atoms with E-state index in [0.29, 0.717) is 17.7 Å². The largest absolute Gasteiger partial charge is 0.465 e. The Kier molecular flexibility index (Phi) is 12.3. The van der Waals surface area contributed by atoms with Crippen LogP contribution in [0.3, 0.4) is 0 Å². The standard InChI is InChI=1S/C25H44N7O6P/c1-8-9-10-11-12-36-23(33)19(5)30-39(35,31-25(6,7)24(34)38-17(2)3)16-37-18(4)13-32-15-29-20-21(26)27-14-28-22(20)32/h14-15,17-19H,8-13,16H2,1-7H3,(H2,26,27,28)(H2,30,31,35). The van der Waals surface area contributed by atoms with Gasteiger partial charge in [0.05, 0.1) is 31.7 Å². The first-order chi connectivity index (χ1) is 18.3. The summed E-state index contributed by atoms with van der Waals surface area (Å²) in [5, 5.41) is 5.72. The van der Waals surface area contributed by atoms with Gasteiger partial charge in [0.2, 0.25) is 7.44 Å². The number of nitrogens with zero attached hydrogens (tertiary/aromatic N) is 4. The van der Waals surface area contributed by atoms with Crippen LogP contribution in [0.15, 0.2) is 12.7 Å². The highest BCUT2D eigenvalue weighted by molar-refractivity contribution is 7.59. The monoisotopic (exact) mass is 569 g/mol. The minimum atomic E-state index is -3.69. The number of ether oxygens (including phenoxy) is 3. The zero-order valence-corrected chi connectivity index (χ0v) is 25.0. The molecule has 0 saturated heterocycles. The van der Waals surface area contributed by atoms with Crippen molar-refractivity contribution in [3.8, 4) is 0 Å². The van der Waals surface area contributed by atoms with E-state index >= 15 is 0 Å². The highest BCUT2D eigenvalue weighted by Gasteiger charge is 2.39. The molecule has 2 heterocycles. The molecule has 0 aliphatic carbocycles. The number of hydrogen-bond acceptors (Lipinski definition) is 10. The average Bonchev–Trinajstić information content (AvgIpc) is 3.25. The number of carbonyl (C=O) groups excluding carboxylic acids is 2. The molecule has 4 N–H and O–H groups in total. The van der Waals surface area contributed by atoms with E-state index in [-0.39, 0.29) is 24.9 Å². The van der Waals surface area contributed by atoms with Crippen molar-refractivity contribution in [2.45, 2.75) is 104 Å². The molecule has 2 aromatic rings. The summed E-state index contributed by atoms with van der Waals surface area (Å²) in [6.45, 7) is 12.7.